The molecule has 3 nitrogen and oxygen atoms in total. The van der Waals surface area contributed by atoms with Crippen molar-refractivity contribution in [1.82, 2.24) is 9.88 Å². The Hall–Kier alpha value is -2.55. The van der Waals surface area contributed by atoms with Crippen molar-refractivity contribution >= 4 is 22.1 Å². The summed E-state index contributed by atoms with van der Waals surface area (Å²) < 4.78 is 6.21. The highest BCUT2D eigenvalue weighted by Gasteiger charge is 2.34. The standard InChI is InChI=1S/C20H20N2O/c1-13-9-10-20(3,22(4)12-13)17-14(2)11-21-18-15-7-5-6-8-16(15)23-19(17)18/h5-12H,1-4H3. The highest BCUT2D eigenvalue weighted by Crippen LogP contribution is 2.41. The maximum atomic E-state index is 6.21. The van der Waals surface area contributed by atoms with E-state index in [9.17, 15) is 0 Å². The van der Waals surface area contributed by atoms with Crippen molar-refractivity contribution in [2.45, 2.75) is 26.3 Å². The summed E-state index contributed by atoms with van der Waals surface area (Å²) in [4.78, 5) is 6.89. The van der Waals surface area contributed by atoms with Crippen molar-refractivity contribution in [2.75, 3.05) is 7.05 Å². The molecule has 0 aliphatic carbocycles. The fourth-order valence-electron chi connectivity index (χ4n) is 3.52. The number of allylic oxidation sites excluding steroid dienone is 2. The van der Waals surface area contributed by atoms with Gasteiger partial charge in [-0.05, 0) is 44.0 Å². The van der Waals surface area contributed by atoms with Crippen LogP contribution in [0.15, 0.2) is 58.8 Å². The van der Waals surface area contributed by atoms with E-state index >= 15 is 0 Å². The van der Waals surface area contributed by atoms with Crippen LogP contribution in [0.25, 0.3) is 22.1 Å². The molecular weight excluding hydrogens is 284 g/mol. The first-order valence-electron chi connectivity index (χ1n) is 7.88. The third kappa shape index (κ3) is 1.93. The van der Waals surface area contributed by atoms with E-state index < -0.39 is 0 Å². The molecule has 0 saturated heterocycles. The number of aromatic nitrogens is 1. The predicted molar refractivity (Wildman–Crippen MR) is 94.3 cm³/mol. The lowest BCUT2D eigenvalue weighted by Crippen LogP contribution is -2.38. The molecule has 0 saturated carbocycles. The number of hydrogen-bond donors (Lipinski definition) is 0. The first-order chi connectivity index (χ1) is 11.0. The molecule has 2 aromatic heterocycles. The molecule has 1 aromatic carbocycles. The highest BCUT2D eigenvalue weighted by molar-refractivity contribution is 6.03. The first kappa shape index (κ1) is 14.1. The van der Waals surface area contributed by atoms with E-state index in [1.54, 1.807) is 0 Å². The van der Waals surface area contributed by atoms with Crippen LogP contribution < -0.4 is 0 Å². The summed E-state index contributed by atoms with van der Waals surface area (Å²) in [5.41, 5.74) is 6.04. The Morgan fingerprint density at radius 3 is 2.74 bits per heavy atom. The summed E-state index contributed by atoms with van der Waals surface area (Å²) >= 11 is 0. The highest BCUT2D eigenvalue weighted by atomic mass is 16.3. The zero-order valence-corrected chi connectivity index (χ0v) is 13.9. The first-order valence-corrected chi connectivity index (χ1v) is 7.88. The SMILES string of the molecule is CC1=CN(C)C(C)(c2c(C)cnc3c2oc2ccccc23)C=C1. The molecule has 1 unspecified atom stereocenters. The van der Waals surface area contributed by atoms with Crippen molar-refractivity contribution in [3.05, 3.63) is 65.5 Å². The van der Waals surface area contributed by atoms with Crippen LogP contribution in [0.3, 0.4) is 0 Å². The molecule has 116 valence electrons. The average molecular weight is 304 g/mol. The minimum absolute atomic E-state index is 0.251. The lowest BCUT2D eigenvalue weighted by atomic mass is 9.85. The number of furan rings is 1. The number of likely N-dealkylation sites (N-methyl/N-ethyl adjacent to an activating group) is 1. The molecular formula is C20H20N2O. The van der Waals surface area contributed by atoms with Crippen LogP contribution in [0.1, 0.15) is 25.0 Å². The van der Waals surface area contributed by atoms with Gasteiger partial charge in [-0.1, -0.05) is 24.3 Å². The molecule has 0 radical (unpaired) electrons. The third-order valence-electron chi connectivity index (χ3n) is 4.88. The van der Waals surface area contributed by atoms with Crippen LogP contribution in [0.4, 0.5) is 0 Å². The van der Waals surface area contributed by atoms with Gasteiger partial charge < -0.3 is 9.32 Å². The largest absolute Gasteiger partial charge is 0.454 e. The van der Waals surface area contributed by atoms with Crippen LogP contribution in [0.2, 0.25) is 0 Å². The number of aryl methyl sites for hydroxylation is 1. The number of benzene rings is 1. The zero-order chi connectivity index (χ0) is 16.2. The number of hydrogen-bond acceptors (Lipinski definition) is 3. The lowest BCUT2D eigenvalue weighted by molar-refractivity contribution is 0.258. The minimum Gasteiger partial charge on any atom is -0.454 e. The Labute approximate surface area is 135 Å². The van der Waals surface area contributed by atoms with E-state index in [0.717, 1.165) is 27.6 Å². The normalized spacial score (nSPS) is 21.2. The van der Waals surface area contributed by atoms with Crippen LogP contribution >= 0.6 is 0 Å². The number of fused-ring (bicyclic) bond motifs is 3. The second kappa shape index (κ2) is 4.72. The maximum absolute atomic E-state index is 6.21. The second-order valence-corrected chi connectivity index (χ2v) is 6.56. The maximum Gasteiger partial charge on any atom is 0.160 e. The fraction of sp³-hybridized carbons (Fsp3) is 0.250. The molecule has 3 heterocycles. The Morgan fingerprint density at radius 2 is 1.96 bits per heavy atom. The van der Waals surface area contributed by atoms with Gasteiger partial charge >= 0.3 is 0 Å². The summed E-state index contributed by atoms with van der Waals surface area (Å²) in [6.07, 6.45) is 8.55. The van der Waals surface area contributed by atoms with E-state index in [1.807, 2.05) is 24.4 Å². The van der Waals surface area contributed by atoms with Crippen molar-refractivity contribution < 1.29 is 4.42 Å². The van der Waals surface area contributed by atoms with E-state index in [4.69, 9.17) is 4.42 Å². The number of rotatable bonds is 1. The molecule has 0 N–H and O–H groups in total. The Balaban J connectivity index is 2.07. The van der Waals surface area contributed by atoms with Crippen molar-refractivity contribution in [3.63, 3.8) is 0 Å². The molecule has 0 amide bonds. The van der Waals surface area contributed by atoms with Gasteiger partial charge in [0.05, 0.1) is 5.54 Å². The predicted octanol–water partition coefficient (Wildman–Crippen LogP) is 4.91. The molecule has 4 rings (SSSR count). The molecule has 1 atom stereocenters. The van der Waals surface area contributed by atoms with Crippen LogP contribution in [0.5, 0.6) is 0 Å². The van der Waals surface area contributed by atoms with Gasteiger partial charge in [0.15, 0.2) is 5.58 Å². The summed E-state index contributed by atoms with van der Waals surface area (Å²) in [6.45, 7) is 6.44. The minimum atomic E-state index is -0.251. The lowest BCUT2D eigenvalue weighted by Gasteiger charge is -2.39. The monoisotopic (exact) mass is 304 g/mol. The van der Waals surface area contributed by atoms with E-state index in [1.165, 1.54) is 11.1 Å². The van der Waals surface area contributed by atoms with Gasteiger partial charge in [0.25, 0.3) is 0 Å². The topological polar surface area (TPSA) is 29.3 Å². The summed E-state index contributed by atoms with van der Waals surface area (Å²) in [6, 6.07) is 8.10. The van der Waals surface area contributed by atoms with Gasteiger partial charge in [0.2, 0.25) is 0 Å². The van der Waals surface area contributed by atoms with Crippen LogP contribution in [0, 0.1) is 6.92 Å². The molecule has 1 aliphatic heterocycles. The van der Waals surface area contributed by atoms with Gasteiger partial charge in [-0.2, -0.15) is 0 Å². The molecule has 3 aromatic rings. The van der Waals surface area contributed by atoms with E-state index in [0.29, 0.717) is 0 Å². The van der Waals surface area contributed by atoms with Gasteiger partial charge in [-0.3, -0.25) is 4.98 Å². The summed E-state index contributed by atoms with van der Waals surface area (Å²) in [5, 5.41) is 1.07. The van der Waals surface area contributed by atoms with E-state index in [-0.39, 0.29) is 5.54 Å². The molecule has 0 bridgehead atoms. The number of nitrogens with zero attached hydrogens (tertiary/aromatic N) is 2. The Morgan fingerprint density at radius 1 is 1.17 bits per heavy atom. The Kier molecular flexibility index (Phi) is 2.89. The van der Waals surface area contributed by atoms with Gasteiger partial charge in [-0.15, -0.1) is 0 Å². The van der Waals surface area contributed by atoms with Crippen molar-refractivity contribution in [1.29, 1.82) is 0 Å². The van der Waals surface area contributed by atoms with Gasteiger partial charge in [0, 0.05) is 30.4 Å². The van der Waals surface area contributed by atoms with E-state index in [2.05, 4.69) is 62.1 Å². The zero-order valence-electron chi connectivity index (χ0n) is 13.9. The molecule has 0 fully saturated rings. The molecule has 1 aliphatic rings. The number of pyridine rings is 1. The van der Waals surface area contributed by atoms with Crippen molar-refractivity contribution in [2.24, 2.45) is 0 Å². The van der Waals surface area contributed by atoms with Crippen LogP contribution in [-0.4, -0.2) is 16.9 Å². The van der Waals surface area contributed by atoms with Crippen molar-refractivity contribution in [3.8, 4) is 0 Å². The fourth-order valence-corrected chi connectivity index (χ4v) is 3.52. The molecule has 23 heavy (non-hydrogen) atoms. The van der Waals surface area contributed by atoms with Crippen LogP contribution in [-0.2, 0) is 5.54 Å². The second-order valence-electron chi connectivity index (χ2n) is 6.56. The summed E-state index contributed by atoms with van der Waals surface area (Å²) in [7, 11) is 2.11. The average Bonchev–Trinajstić information content (AvgIpc) is 2.89. The summed E-state index contributed by atoms with van der Waals surface area (Å²) in [5.74, 6) is 0. The quantitative estimate of drug-likeness (QED) is 0.639. The number of para-hydroxylation sites is 1. The smallest absolute Gasteiger partial charge is 0.160 e. The molecule has 3 heteroatoms. The third-order valence-corrected chi connectivity index (χ3v) is 4.88. The molecule has 0 spiro atoms. The van der Waals surface area contributed by atoms with Gasteiger partial charge in [-0.25, -0.2) is 0 Å². The van der Waals surface area contributed by atoms with Gasteiger partial charge in [0.1, 0.15) is 11.1 Å². The Bertz CT molecular complexity index is 980.